The van der Waals surface area contributed by atoms with E-state index in [2.05, 4.69) is 15.6 Å². The maximum Gasteiger partial charge on any atom is 0.274 e. The molecule has 1 aliphatic heterocycles. The molecular weight excluding hydrogens is 454 g/mol. The predicted molar refractivity (Wildman–Crippen MR) is 136 cm³/mol. The number of fused-ring (bicyclic) bond motifs is 1. The molecule has 8 heteroatoms. The second kappa shape index (κ2) is 10.1. The fraction of sp³-hybridized carbons (Fsp3) is 0.571. The Hall–Kier alpha value is -3.16. The van der Waals surface area contributed by atoms with Crippen molar-refractivity contribution in [3.8, 4) is 0 Å². The van der Waals surface area contributed by atoms with Crippen LogP contribution in [0.2, 0.25) is 0 Å². The number of nitrogens with one attached hydrogen (secondary N) is 2. The molecule has 5 rings (SSSR count). The zero-order valence-corrected chi connectivity index (χ0v) is 21.4. The van der Waals surface area contributed by atoms with Gasteiger partial charge in [0.1, 0.15) is 11.2 Å². The number of aromatic nitrogens is 2. The molecule has 3 aliphatic rings. The largest absolute Gasteiger partial charge is 0.350 e. The number of hydrogen-bond donors (Lipinski definition) is 2. The molecule has 0 saturated heterocycles. The highest BCUT2D eigenvalue weighted by Gasteiger charge is 2.53. The fourth-order valence-electron chi connectivity index (χ4n) is 5.65. The number of nitrogens with zero attached hydrogens (tertiary/aromatic N) is 3. The molecule has 3 amide bonds. The van der Waals surface area contributed by atoms with Crippen LogP contribution in [0.5, 0.6) is 0 Å². The van der Waals surface area contributed by atoms with E-state index in [1.165, 1.54) is 25.6 Å². The first-order valence-electron chi connectivity index (χ1n) is 13.4. The summed E-state index contributed by atoms with van der Waals surface area (Å²) in [5.41, 5.74) is 1.60. The van der Waals surface area contributed by atoms with Crippen molar-refractivity contribution < 1.29 is 14.4 Å². The van der Waals surface area contributed by atoms with Gasteiger partial charge < -0.3 is 20.1 Å². The van der Waals surface area contributed by atoms with Crippen molar-refractivity contribution in [2.24, 2.45) is 0 Å². The van der Waals surface area contributed by atoms with Crippen LogP contribution >= 0.6 is 0 Å². The molecule has 192 valence electrons. The van der Waals surface area contributed by atoms with Crippen molar-refractivity contribution in [2.45, 2.75) is 102 Å². The lowest BCUT2D eigenvalue weighted by Crippen LogP contribution is -2.64. The molecule has 1 aromatic heterocycles. The number of benzene rings is 1. The van der Waals surface area contributed by atoms with E-state index in [9.17, 15) is 14.4 Å². The summed E-state index contributed by atoms with van der Waals surface area (Å²) in [6.45, 7) is 4.52. The average molecular weight is 492 g/mol. The summed E-state index contributed by atoms with van der Waals surface area (Å²) >= 11 is 0. The quantitative estimate of drug-likeness (QED) is 0.644. The highest BCUT2D eigenvalue weighted by atomic mass is 16.2. The van der Waals surface area contributed by atoms with E-state index in [0.717, 1.165) is 49.7 Å². The number of imidazole rings is 1. The molecule has 2 saturated carbocycles. The Kier molecular flexibility index (Phi) is 6.86. The molecule has 1 aromatic carbocycles. The minimum absolute atomic E-state index is 0.0118. The van der Waals surface area contributed by atoms with E-state index in [1.807, 2.05) is 38.1 Å². The van der Waals surface area contributed by atoms with E-state index >= 15 is 0 Å². The van der Waals surface area contributed by atoms with Gasteiger partial charge in [0.05, 0.1) is 12.9 Å². The minimum Gasteiger partial charge on any atom is -0.350 e. The van der Waals surface area contributed by atoms with Gasteiger partial charge in [-0.05, 0) is 45.1 Å². The van der Waals surface area contributed by atoms with Gasteiger partial charge in [0.25, 0.3) is 11.8 Å². The Labute approximate surface area is 212 Å². The number of amides is 3. The molecule has 2 aromatic rings. The van der Waals surface area contributed by atoms with Crippen molar-refractivity contribution in [1.29, 1.82) is 0 Å². The standard InChI is InChI=1S/C28H37N5O3/c1-19-10-12-20(13-11-19)16-29-27(36)28(2)17-32-18-30-23(24(32)26(35)33(28)22-14-15-22)25(34)31-21-8-6-4-3-5-7-9-21/h10-13,18,21-22H,3-9,14-17H2,1-2H3,(H,29,36)(H,31,34). The molecule has 0 radical (unpaired) electrons. The molecule has 2 fully saturated rings. The highest BCUT2D eigenvalue weighted by Crippen LogP contribution is 2.39. The van der Waals surface area contributed by atoms with Crippen LogP contribution in [0.3, 0.4) is 0 Å². The molecule has 2 aliphatic carbocycles. The first-order chi connectivity index (χ1) is 17.4. The van der Waals surface area contributed by atoms with Crippen LogP contribution in [0, 0.1) is 6.92 Å². The number of rotatable bonds is 6. The SMILES string of the molecule is Cc1ccc(CNC(=O)C2(C)Cn3cnc(C(=O)NC4CCCCCCC4)c3C(=O)N2C2CC2)cc1. The molecule has 1 unspecified atom stereocenters. The fourth-order valence-corrected chi connectivity index (χ4v) is 5.65. The Morgan fingerprint density at radius 2 is 1.69 bits per heavy atom. The maximum absolute atomic E-state index is 13.8. The number of carbonyl (C=O) groups excluding carboxylic acids is 3. The third-order valence-corrected chi connectivity index (χ3v) is 7.90. The normalized spacial score (nSPS) is 22.9. The van der Waals surface area contributed by atoms with E-state index in [4.69, 9.17) is 0 Å². The van der Waals surface area contributed by atoms with Crippen LogP contribution in [0.25, 0.3) is 0 Å². The second-order valence-electron chi connectivity index (χ2n) is 10.9. The average Bonchev–Trinajstić information content (AvgIpc) is 3.57. The maximum atomic E-state index is 13.8. The van der Waals surface area contributed by atoms with Crippen molar-refractivity contribution in [2.75, 3.05) is 0 Å². The van der Waals surface area contributed by atoms with E-state index in [0.29, 0.717) is 12.2 Å². The Bertz CT molecular complexity index is 1130. The molecule has 2 N–H and O–H groups in total. The van der Waals surface area contributed by atoms with E-state index < -0.39 is 5.54 Å². The molecule has 0 spiro atoms. The van der Waals surface area contributed by atoms with Gasteiger partial charge in [0.2, 0.25) is 5.91 Å². The van der Waals surface area contributed by atoms with Gasteiger partial charge in [-0.1, -0.05) is 61.9 Å². The molecule has 1 atom stereocenters. The van der Waals surface area contributed by atoms with Gasteiger partial charge in [-0.25, -0.2) is 4.98 Å². The lowest BCUT2D eigenvalue weighted by Gasteiger charge is -2.44. The summed E-state index contributed by atoms with van der Waals surface area (Å²) in [6.07, 6.45) is 11.1. The summed E-state index contributed by atoms with van der Waals surface area (Å²) < 4.78 is 1.69. The van der Waals surface area contributed by atoms with E-state index in [-0.39, 0.29) is 42.0 Å². The zero-order valence-electron chi connectivity index (χ0n) is 21.4. The number of carbonyl (C=O) groups is 3. The van der Waals surface area contributed by atoms with Crippen molar-refractivity contribution in [1.82, 2.24) is 25.1 Å². The van der Waals surface area contributed by atoms with Crippen LogP contribution in [-0.4, -0.2) is 49.8 Å². The van der Waals surface area contributed by atoms with Crippen molar-refractivity contribution in [3.63, 3.8) is 0 Å². The summed E-state index contributed by atoms with van der Waals surface area (Å²) in [4.78, 5) is 46.6. The monoisotopic (exact) mass is 491 g/mol. The predicted octanol–water partition coefficient (Wildman–Crippen LogP) is 3.73. The first kappa shape index (κ1) is 24.5. The molecule has 2 heterocycles. The van der Waals surface area contributed by atoms with Gasteiger partial charge >= 0.3 is 0 Å². The van der Waals surface area contributed by atoms with Gasteiger partial charge in [0.15, 0.2) is 5.69 Å². The van der Waals surface area contributed by atoms with Crippen LogP contribution in [0.15, 0.2) is 30.6 Å². The Balaban J connectivity index is 1.35. The number of hydrogen-bond acceptors (Lipinski definition) is 4. The highest BCUT2D eigenvalue weighted by molar-refractivity contribution is 6.07. The Morgan fingerprint density at radius 3 is 2.36 bits per heavy atom. The van der Waals surface area contributed by atoms with Crippen LogP contribution in [-0.2, 0) is 17.9 Å². The van der Waals surface area contributed by atoms with Gasteiger partial charge in [-0.15, -0.1) is 0 Å². The smallest absolute Gasteiger partial charge is 0.274 e. The van der Waals surface area contributed by atoms with E-state index in [1.54, 1.807) is 9.47 Å². The molecule has 36 heavy (non-hydrogen) atoms. The molecule has 8 nitrogen and oxygen atoms in total. The topological polar surface area (TPSA) is 96.3 Å². The molecular formula is C28H37N5O3. The zero-order chi connectivity index (χ0) is 25.3. The van der Waals surface area contributed by atoms with Gasteiger partial charge in [0, 0.05) is 18.6 Å². The third-order valence-electron chi connectivity index (χ3n) is 7.90. The molecule has 0 bridgehead atoms. The van der Waals surface area contributed by atoms with Gasteiger partial charge in [-0.3, -0.25) is 14.4 Å². The second-order valence-corrected chi connectivity index (χ2v) is 10.9. The van der Waals surface area contributed by atoms with Crippen molar-refractivity contribution >= 4 is 17.7 Å². The summed E-state index contributed by atoms with van der Waals surface area (Å²) in [5, 5.41) is 6.18. The van der Waals surface area contributed by atoms with Crippen LogP contribution < -0.4 is 10.6 Å². The third kappa shape index (κ3) is 4.90. The van der Waals surface area contributed by atoms with Crippen LogP contribution in [0.1, 0.15) is 96.8 Å². The lowest BCUT2D eigenvalue weighted by molar-refractivity contribution is -0.133. The van der Waals surface area contributed by atoms with Crippen molar-refractivity contribution in [3.05, 3.63) is 53.1 Å². The first-order valence-corrected chi connectivity index (χ1v) is 13.4. The van der Waals surface area contributed by atoms with Crippen LogP contribution in [0.4, 0.5) is 0 Å². The summed E-state index contributed by atoms with van der Waals surface area (Å²) in [6, 6.07) is 8.16. The summed E-state index contributed by atoms with van der Waals surface area (Å²) in [5.74, 6) is -0.758. The minimum atomic E-state index is -1.05. The lowest BCUT2D eigenvalue weighted by atomic mass is 9.93. The van der Waals surface area contributed by atoms with Gasteiger partial charge in [-0.2, -0.15) is 0 Å². The Morgan fingerprint density at radius 1 is 1.03 bits per heavy atom. The number of aryl methyl sites for hydroxylation is 1. The summed E-state index contributed by atoms with van der Waals surface area (Å²) in [7, 11) is 0.